The number of thioether (sulfide) groups is 1. The molecule has 152 valence electrons. The van der Waals surface area contributed by atoms with Gasteiger partial charge in [0.25, 0.3) is 5.56 Å². The van der Waals surface area contributed by atoms with Crippen molar-refractivity contribution in [3.05, 3.63) is 39.9 Å². The van der Waals surface area contributed by atoms with Crippen molar-refractivity contribution in [2.24, 2.45) is 0 Å². The maximum atomic E-state index is 12.9. The summed E-state index contributed by atoms with van der Waals surface area (Å²) in [6, 6.07) is 4.02. The zero-order chi connectivity index (χ0) is 20.0. The van der Waals surface area contributed by atoms with E-state index in [1.165, 1.54) is 12.8 Å². The molecule has 9 heteroatoms. The molecule has 5 rings (SSSR count). The van der Waals surface area contributed by atoms with E-state index in [0.717, 1.165) is 35.5 Å². The van der Waals surface area contributed by atoms with E-state index in [1.807, 2.05) is 11.0 Å². The Labute approximate surface area is 173 Å². The molecule has 2 aliphatic heterocycles. The van der Waals surface area contributed by atoms with Gasteiger partial charge in [-0.05, 0) is 31.9 Å². The number of hydrogen-bond acceptors (Lipinski definition) is 7. The molecule has 2 fully saturated rings. The van der Waals surface area contributed by atoms with Crippen LogP contribution in [0.5, 0.6) is 0 Å². The second-order valence-electron chi connectivity index (χ2n) is 8.03. The van der Waals surface area contributed by atoms with Gasteiger partial charge in [0.05, 0.1) is 11.7 Å². The first kappa shape index (κ1) is 18.6. The van der Waals surface area contributed by atoms with Crippen LogP contribution in [0.4, 0.5) is 5.82 Å². The molecule has 1 amide bonds. The van der Waals surface area contributed by atoms with Gasteiger partial charge in [-0.3, -0.25) is 14.2 Å². The van der Waals surface area contributed by atoms with Gasteiger partial charge in [-0.1, -0.05) is 11.8 Å². The van der Waals surface area contributed by atoms with Gasteiger partial charge >= 0.3 is 0 Å². The molecule has 1 atom stereocenters. The van der Waals surface area contributed by atoms with E-state index in [0.29, 0.717) is 31.0 Å². The van der Waals surface area contributed by atoms with Crippen LogP contribution in [0.25, 0.3) is 0 Å². The van der Waals surface area contributed by atoms with Gasteiger partial charge in [0.2, 0.25) is 5.91 Å². The first-order valence-electron chi connectivity index (χ1n) is 10.2. The van der Waals surface area contributed by atoms with Gasteiger partial charge in [0.1, 0.15) is 0 Å². The van der Waals surface area contributed by atoms with E-state index >= 15 is 0 Å². The molecule has 29 heavy (non-hydrogen) atoms. The number of aromatic nitrogens is 4. The Balaban J connectivity index is 1.19. The Bertz CT molecular complexity index is 979. The van der Waals surface area contributed by atoms with Crippen molar-refractivity contribution >= 4 is 23.5 Å². The van der Waals surface area contributed by atoms with Crippen LogP contribution in [0.1, 0.15) is 42.5 Å². The Morgan fingerprint density at radius 2 is 1.97 bits per heavy atom. The van der Waals surface area contributed by atoms with Gasteiger partial charge in [0, 0.05) is 56.0 Å². The number of hydrogen-bond donors (Lipinski definition) is 0. The number of amides is 1. The highest BCUT2D eigenvalue weighted by molar-refractivity contribution is 7.99. The van der Waals surface area contributed by atoms with Crippen LogP contribution in [0.2, 0.25) is 0 Å². The third kappa shape index (κ3) is 3.63. The van der Waals surface area contributed by atoms with Crippen LogP contribution in [-0.4, -0.2) is 62.5 Å². The number of carbonyl (C=O) groups is 1. The Kier molecular flexibility index (Phi) is 4.77. The van der Waals surface area contributed by atoms with Crippen LogP contribution >= 0.6 is 11.8 Å². The number of anilines is 1. The number of fused-ring (bicyclic) bond motifs is 1. The molecular formula is C20H24N6O2S. The van der Waals surface area contributed by atoms with E-state index in [1.54, 1.807) is 29.4 Å². The standard InChI is InChI=1S/C20H24N6O2S/c1-13-11-21-20-26(19(13)28)15(12-29-20)10-18(27)25-8-6-24(7-9-25)17-5-4-16(22-23-17)14-2-3-14/h4-5,11,14-15H,2-3,6-10,12H2,1H3. The number of rotatable bonds is 4. The highest BCUT2D eigenvalue weighted by atomic mass is 32.2. The highest BCUT2D eigenvalue weighted by Crippen LogP contribution is 2.38. The summed E-state index contributed by atoms with van der Waals surface area (Å²) in [7, 11) is 0. The van der Waals surface area contributed by atoms with E-state index in [9.17, 15) is 9.59 Å². The molecule has 8 nitrogen and oxygen atoms in total. The summed E-state index contributed by atoms with van der Waals surface area (Å²) in [5, 5.41) is 9.47. The van der Waals surface area contributed by atoms with Crippen LogP contribution in [0.15, 0.2) is 28.3 Å². The summed E-state index contributed by atoms with van der Waals surface area (Å²) in [6.45, 7) is 4.60. The fraction of sp³-hybridized carbons (Fsp3) is 0.550. The second-order valence-corrected chi connectivity index (χ2v) is 9.01. The molecule has 3 aliphatic rings. The van der Waals surface area contributed by atoms with Crippen molar-refractivity contribution in [2.75, 3.05) is 36.8 Å². The molecule has 0 N–H and O–H groups in total. The molecule has 4 heterocycles. The lowest BCUT2D eigenvalue weighted by Crippen LogP contribution is -2.49. The molecular weight excluding hydrogens is 388 g/mol. The summed E-state index contributed by atoms with van der Waals surface area (Å²) in [5.41, 5.74) is 1.68. The molecule has 1 unspecified atom stereocenters. The number of aryl methyl sites for hydroxylation is 1. The van der Waals surface area contributed by atoms with Crippen molar-refractivity contribution in [1.29, 1.82) is 0 Å². The molecule has 1 saturated carbocycles. The summed E-state index contributed by atoms with van der Waals surface area (Å²) in [5.74, 6) is 2.32. The Hall–Kier alpha value is -2.42. The smallest absolute Gasteiger partial charge is 0.257 e. The predicted molar refractivity (Wildman–Crippen MR) is 110 cm³/mol. The topological polar surface area (TPSA) is 84.2 Å². The molecule has 1 aliphatic carbocycles. The first-order chi connectivity index (χ1) is 14.1. The van der Waals surface area contributed by atoms with E-state index < -0.39 is 0 Å². The van der Waals surface area contributed by atoms with Gasteiger partial charge in [-0.25, -0.2) is 4.98 Å². The largest absolute Gasteiger partial charge is 0.352 e. The van der Waals surface area contributed by atoms with Crippen LogP contribution in [0, 0.1) is 6.92 Å². The minimum Gasteiger partial charge on any atom is -0.352 e. The summed E-state index contributed by atoms with van der Waals surface area (Å²) in [6.07, 6.45) is 4.41. The van der Waals surface area contributed by atoms with Gasteiger partial charge in [-0.2, -0.15) is 5.10 Å². The maximum Gasteiger partial charge on any atom is 0.257 e. The third-order valence-corrected chi connectivity index (χ3v) is 7.05. The molecule has 2 aromatic heterocycles. The van der Waals surface area contributed by atoms with Crippen molar-refractivity contribution in [1.82, 2.24) is 24.6 Å². The number of piperazine rings is 1. The maximum absolute atomic E-state index is 12.9. The number of carbonyl (C=O) groups excluding carboxylic acids is 1. The zero-order valence-corrected chi connectivity index (χ0v) is 17.3. The SMILES string of the molecule is Cc1cnc2n(c1=O)C(CC(=O)N1CCN(c3ccc(C4CC4)nn3)CC1)CS2. The molecule has 1 saturated heterocycles. The minimum absolute atomic E-state index is 0.0316. The average molecular weight is 413 g/mol. The quantitative estimate of drug-likeness (QED) is 0.705. The van der Waals surface area contributed by atoms with E-state index in [4.69, 9.17) is 0 Å². The molecule has 0 aromatic carbocycles. The predicted octanol–water partition coefficient (Wildman–Crippen LogP) is 1.60. The molecule has 0 bridgehead atoms. The van der Waals surface area contributed by atoms with Crippen LogP contribution in [0.3, 0.4) is 0 Å². The Morgan fingerprint density at radius 3 is 2.66 bits per heavy atom. The van der Waals surface area contributed by atoms with Crippen molar-refractivity contribution < 1.29 is 4.79 Å². The van der Waals surface area contributed by atoms with Gasteiger partial charge in [-0.15, -0.1) is 5.10 Å². The van der Waals surface area contributed by atoms with Crippen molar-refractivity contribution in [2.45, 2.75) is 43.3 Å². The fourth-order valence-corrected chi connectivity index (χ4v) is 5.09. The van der Waals surface area contributed by atoms with Crippen molar-refractivity contribution in [3.63, 3.8) is 0 Å². The normalized spacial score (nSPS) is 21.3. The zero-order valence-electron chi connectivity index (χ0n) is 16.5. The second kappa shape index (κ2) is 7.44. The van der Waals surface area contributed by atoms with Crippen LogP contribution in [-0.2, 0) is 4.79 Å². The lowest BCUT2D eigenvalue weighted by Gasteiger charge is -2.35. The fourth-order valence-electron chi connectivity index (χ4n) is 3.99. The minimum atomic E-state index is -0.110. The molecule has 0 spiro atoms. The molecule has 0 radical (unpaired) electrons. The highest BCUT2D eigenvalue weighted by Gasteiger charge is 2.31. The summed E-state index contributed by atoms with van der Waals surface area (Å²) < 4.78 is 1.70. The lowest BCUT2D eigenvalue weighted by molar-refractivity contribution is -0.132. The van der Waals surface area contributed by atoms with Gasteiger partial charge < -0.3 is 9.80 Å². The summed E-state index contributed by atoms with van der Waals surface area (Å²) in [4.78, 5) is 33.8. The monoisotopic (exact) mass is 412 g/mol. The van der Waals surface area contributed by atoms with E-state index in [2.05, 4.69) is 26.1 Å². The lowest BCUT2D eigenvalue weighted by atomic mass is 10.2. The van der Waals surface area contributed by atoms with Gasteiger partial charge in [0.15, 0.2) is 11.0 Å². The van der Waals surface area contributed by atoms with E-state index in [-0.39, 0.29) is 17.5 Å². The summed E-state index contributed by atoms with van der Waals surface area (Å²) >= 11 is 1.55. The average Bonchev–Trinajstić information content (AvgIpc) is 3.52. The first-order valence-corrected chi connectivity index (χ1v) is 11.2. The number of nitrogens with zero attached hydrogens (tertiary/aromatic N) is 6. The van der Waals surface area contributed by atoms with Crippen molar-refractivity contribution in [3.8, 4) is 0 Å². The Morgan fingerprint density at radius 1 is 1.17 bits per heavy atom. The third-order valence-electron chi connectivity index (χ3n) is 5.93. The molecule has 2 aromatic rings. The van der Waals surface area contributed by atoms with Crippen LogP contribution < -0.4 is 10.5 Å².